The maximum absolute atomic E-state index is 5.96. The number of hydrogen-bond acceptors (Lipinski definition) is 4. The fourth-order valence-corrected chi connectivity index (χ4v) is 1.41. The first kappa shape index (κ1) is 9.73. The van der Waals surface area contributed by atoms with Crippen LogP contribution in [0.25, 0.3) is 5.70 Å². The molecule has 2 rings (SSSR count). The summed E-state index contributed by atoms with van der Waals surface area (Å²) in [6.45, 7) is 0. The lowest BCUT2D eigenvalue weighted by atomic mass is 10.2. The minimum absolute atomic E-state index is 0.418. The third-order valence-corrected chi connectivity index (χ3v) is 2.19. The van der Waals surface area contributed by atoms with Gasteiger partial charge in [0, 0.05) is 24.2 Å². The maximum Gasteiger partial charge on any atom is 0.139 e. The number of nitrogens with zero attached hydrogens (tertiary/aromatic N) is 2. The molecule has 0 atom stereocenters. The molecule has 2 heterocycles. The first-order chi connectivity index (χ1) is 7.27. The van der Waals surface area contributed by atoms with Crippen molar-refractivity contribution in [3.8, 4) is 0 Å². The fraction of sp³-hybridized carbons (Fsp3) is 0. The topological polar surface area (TPSA) is 63.3 Å². The van der Waals surface area contributed by atoms with Gasteiger partial charge in [-0.2, -0.15) is 0 Å². The van der Waals surface area contributed by atoms with Gasteiger partial charge in [-0.3, -0.25) is 0 Å². The molecule has 0 aliphatic carbocycles. The van der Waals surface area contributed by atoms with Crippen molar-refractivity contribution in [2.24, 2.45) is 10.7 Å². The second kappa shape index (κ2) is 4.14. The Balaban J connectivity index is 2.37. The largest absolute Gasteiger partial charge is 0.382 e. The van der Waals surface area contributed by atoms with Crippen molar-refractivity contribution in [1.82, 2.24) is 10.3 Å². The van der Waals surface area contributed by atoms with Gasteiger partial charge in [-0.05, 0) is 18.2 Å². The number of nitrogens with one attached hydrogen (secondary N) is 1. The molecular weight excluding hydrogens is 212 g/mol. The van der Waals surface area contributed by atoms with Gasteiger partial charge < -0.3 is 11.1 Å². The van der Waals surface area contributed by atoms with Crippen LogP contribution in [-0.4, -0.2) is 11.2 Å². The lowest BCUT2D eigenvalue weighted by Gasteiger charge is -2.06. The number of pyridine rings is 1. The van der Waals surface area contributed by atoms with Crippen molar-refractivity contribution in [2.45, 2.75) is 0 Å². The molecule has 1 aliphatic heterocycles. The van der Waals surface area contributed by atoms with Crippen LogP contribution >= 0.6 is 11.6 Å². The van der Waals surface area contributed by atoms with Crippen LogP contribution in [0.3, 0.4) is 0 Å². The molecular formula is C10H9ClN4. The maximum atomic E-state index is 5.96. The van der Waals surface area contributed by atoms with Gasteiger partial charge in [0.05, 0.1) is 5.70 Å². The Morgan fingerprint density at radius 3 is 3.07 bits per heavy atom. The molecule has 3 N–H and O–H groups in total. The average Bonchev–Trinajstić information content (AvgIpc) is 2.44. The van der Waals surface area contributed by atoms with E-state index in [0.717, 1.165) is 11.3 Å². The van der Waals surface area contributed by atoms with Gasteiger partial charge >= 0.3 is 0 Å². The normalized spacial score (nSPS) is 15.0. The molecule has 0 bridgehead atoms. The van der Waals surface area contributed by atoms with E-state index in [9.17, 15) is 0 Å². The predicted molar refractivity (Wildman–Crippen MR) is 61.1 cm³/mol. The minimum atomic E-state index is 0.418. The third kappa shape index (κ3) is 2.16. The van der Waals surface area contributed by atoms with Gasteiger partial charge in [-0.1, -0.05) is 11.6 Å². The van der Waals surface area contributed by atoms with Crippen molar-refractivity contribution in [3.63, 3.8) is 0 Å². The van der Waals surface area contributed by atoms with Gasteiger partial charge in [0.1, 0.15) is 11.0 Å². The fourth-order valence-electron chi connectivity index (χ4n) is 1.19. The van der Waals surface area contributed by atoms with Crippen LogP contribution < -0.4 is 11.1 Å². The highest BCUT2D eigenvalue weighted by molar-refractivity contribution is 6.31. The van der Waals surface area contributed by atoms with E-state index in [4.69, 9.17) is 17.3 Å². The van der Waals surface area contributed by atoms with Gasteiger partial charge in [0.2, 0.25) is 0 Å². The Morgan fingerprint density at radius 1 is 1.40 bits per heavy atom. The number of nitrogens with two attached hydrogens (primary N) is 1. The summed E-state index contributed by atoms with van der Waals surface area (Å²) in [6, 6.07) is 3.69. The third-order valence-electron chi connectivity index (χ3n) is 1.89. The Morgan fingerprint density at radius 2 is 2.27 bits per heavy atom. The minimum Gasteiger partial charge on any atom is -0.382 e. The quantitative estimate of drug-likeness (QED) is 0.706. The smallest absolute Gasteiger partial charge is 0.139 e. The van der Waals surface area contributed by atoms with Crippen LogP contribution in [0.4, 0.5) is 0 Å². The predicted octanol–water partition coefficient (Wildman–Crippen LogP) is 1.51. The molecule has 0 saturated carbocycles. The van der Waals surface area contributed by atoms with E-state index in [-0.39, 0.29) is 0 Å². The molecule has 0 amide bonds. The zero-order valence-corrected chi connectivity index (χ0v) is 8.57. The van der Waals surface area contributed by atoms with Gasteiger partial charge in [-0.15, -0.1) is 0 Å². The number of rotatable bonds is 1. The Kier molecular flexibility index (Phi) is 2.69. The molecule has 76 valence electrons. The van der Waals surface area contributed by atoms with Crippen LogP contribution in [0.15, 0.2) is 41.4 Å². The number of allylic oxidation sites excluding steroid dienone is 1. The Bertz CT molecular complexity index is 459. The molecule has 15 heavy (non-hydrogen) atoms. The first-order valence-corrected chi connectivity index (χ1v) is 4.72. The summed E-state index contributed by atoms with van der Waals surface area (Å²) in [4.78, 5) is 7.93. The number of halogens is 1. The highest BCUT2D eigenvalue weighted by Crippen LogP contribution is 2.19. The molecule has 4 nitrogen and oxygen atoms in total. The Labute approximate surface area is 92.2 Å². The van der Waals surface area contributed by atoms with Gasteiger partial charge in [-0.25, -0.2) is 9.98 Å². The summed E-state index contributed by atoms with van der Waals surface area (Å²) in [6.07, 6.45) is 6.66. The molecule has 0 aromatic carbocycles. The second-order valence-electron chi connectivity index (χ2n) is 2.91. The molecule has 0 fully saturated rings. The first-order valence-electron chi connectivity index (χ1n) is 4.35. The van der Waals surface area contributed by atoms with Crippen molar-refractivity contribution in [1.29, 1.82) is 0 Å². The van der Waals surface area contributed by atoms with Crippen molar-refractivity contribution >= 4 is 23.5 Å². The summed E-state index contributed by atoms with van der Waals surface area (Å²) in [5, 5.41) is 3.46. The van der Waals surface area contributed by atoms with E-state index in [2.05, 4.69) is 15.3 Å². The SMILES string of the molecule is NC1=CNC(c2cccnc2Cl)=CC=N1. The summed E-state index contributed by atoms with van der Waals surface area (Å²) >= 11 is 5.96. The second-order valence-corrected chi connectivity index (χ2v) is 3.27. The van der Waals surface area contributed by atoms with E-state index in [1.165, 1.54) is 0 Å². The van der Waals surface area contributed by atoms with E-state index in [1.54, 1.807) is 24.7 Å². The molecule has 0 spiro atoms. The molecule has 5 heteroatoms. The standard InChI is InChI=1S/C10H9ClN4/c11-10-7(2-1-4-14-10)8-3-5-13-9(12)6-15-8/h1-6,15H,12H2. The zero-order valence-electron chi connectivity index (χ0n) is 7.81. The zero-order chi connectivity index (χ0) is 10.7. The Hall–Kier alpha value is -1.81. The van der Waals surface area contributed by atoms with E-state index < -0.39 is 0 Å². The van der Waals surface area contributed by atoms with E-state index in [0.29, 0.717) is 11.0 Å². The molecule has 1 aromatic heterocycles. The van der Waals surface area contributed by atoms with Crippen LogP contribution in [0.5, 0.6) is 0 Å². The molecule has 1 aromatic rings. The molecule has 0 unspecified atom stereocenters. The number of hydrogen-bond donors (Lipinski definition) is 2. The summed E-state index contributed by atoms with van der Waals surface area (Å²) in [7, 11) is 0. The summed E-state index contributed by atoms with van der Waals surface area (Å²) in [5.41, 5.74) is 7.17. The van der Waals surface area contributed by atoms with Crippen LogP contribution in [0.2, 0.25) is 5.15 Å². The number of aromatic nitrogens is 1. The average molecular weight is 221 g/mol. The van der Waals surface area contributed by atoms with Crippen LogP contribution in [0.1, 0.15) is 5.56 Å². The van der Waals surface area contributed by atoms with Crippen molar-refractivity contribution in [2.75, 3.05) is 0 Å². The number of aliphatic imine (C=N–C) groups is 1. The van der Waals surface area contributed by atoms with Crippen LogP contribution in [0, 0.1) is 0 Å². The highest BCUT2D eigenvalue weighted by Gasteiger charge is 2.06. The van der Waals surface area contributed by atoms with Crippen LogP contribution in [-0.2, 0) is 0 Å². The van der Waals surface area contributed by atoms with Gasteiger partial charge in [0.15, 0.2) is 0 Å². The monoisotopic (exact) mass is 220 g/mol. The summed E-state index contributed by atoms with van der Waals surface area (Å²) in [5.74, 6) is 0.418. The van der Waals surface area contributed by atoms with Crippen molar-refractivity contribution < 1.29 is 0 Å². The van der Waals surface area contributed by atoms with Crippen molar-refractivity contribution in [3.05, 3.63) is 47.1 Å². The molecule has 0 saturated heterocycles. The molecule has 0 radical (unpaired) electrons. The lowest BCUT2D eigenvalue weighted by Crippen LogP contribution is -2.07. The summed E-state index contributed by atoms with van der Waals surface area (Å²) < 4.78 is 0. The van der Waals surface area contributed by atoms with Gasteiger partial charge in [0.25, 0.3) is 0 Å². The van der Waals surface area contributed by atoms with E-state index in [1.807, 2.05) is 12.1 Å². The highest BCUT2D eigenvalue weighted by atomic mass is 35.5. The lowest BCUT2D eigenvalue weighted by molar-refractivity contribution is 1.13. The van der Waals surface area contributed by atoms with E-state index >= 15 is 0 Å². The molecule has 1 aliphatic rings.